The van der Waals surface area contributed by atoms with Gasteiger partial charge < -0.3 is 9.88 Å². The van der Waals surface area contributed by atoms with Gasteiger partial charge in [-0.3, -0.25) is 0 Å². The van der Waals surface area contributed by atoms with Crippen molar-refractivity contribution in [2.75, 3.05) is 6.54 Å². The van der Waals surface area contributed by atoms with Gasteiger partial charge in [-0.2, -0.15) is 0 Å². The minimum absolute atomic E-state index is 0.702. The molecule has 2 rings (SSSR count). The quantitative estimate of drug-likeness (QED) is 0.831. The Morgan fingerprint density at radius 1 is 1.50 bits per heavy atom. The van der Waals surface area contributed by atoms with Crippen molar-refractivity contribution in [2.45, 2.75) is 45.6 Å². The Morgan fingerprint density at radius 3 is 3.00 bits per heavy atom. The van der Waals surface area contributed by atoms with E-state index in [9.17, 15) is 0 Å². The fourth-order valence-electron chi connectivity index (χ4n) is 2.92. The van der Waals surface area contributed by atoms with Crippen molar-refractivity contribution < 1.29 is 0 Å². The van der Waals surface area contributed by atoms with E-state index in [1.54, 1.807) is 6.20 Å². The van der Waals surface area contributed by atoms with Gasteiger partial charge in [0.05, 0.1) is 12.7 Å². The van der Waals surface area contributed by atoms with E-state index < -0.39 is 0 Å². The van der Waals surface area contributed by atoms with Gasteiger partial charge in [-0.25, -0.2) is 4.98 Å². The minimum atomic E-state index is 0.702. The molecule has 102 valence electrons. The highest BCUT2D eigenvalue weighted by atomic mass is 35.5. The molecule has 1 fully saturated rings. The van der Waals surface area contributed by atoms with Crippen LogP contribution in [0.3, 0.4) is 0 Å². The van der Waals surface area contributed by atoms with Gasteiger partial charge in [0.2, 0.25) is 0 Å². The molecule has 1 N–H and O–H groups in total. The predicted octanol–water partition coefficient (Wildman–Crippen LogP) is 3.38. The van der Waals surface area contributed by atoms with Gasteiger partial charge in [0.15, 0.2) is 0 Å². The van der Waals surface area contributed by atoms with Crippen LogP contribution < -0.4 is 5.32 Å². The van der Waals surface area contributed by atoms with Crippen LogP contribution in [-0.4, -0.2) is 16.1 Å². The molecule has 1 saturated carbocycles. The van der Waals surface area contributed by atoms with Crippen LogP contribution in [0.4, 0.5) is 0 Å². The minimum Gasteiger partial charge on any atom is -0.321 e. The number of imidazole rings is 1. The summed E-state index contributed by atoms with van der Waals surface area (Å²) in [5.41, 5.74) is 0. The van der Waals surface area contributed by atoms with Crippen LogP contribution in [0.2, 0.25) is 5.15 Å². The van der Waals surface area contributed by atoms with Crippen molar-refractivity contribution in [3.8, 4) is 0 Å². The van der Waals surface area contributed by atoms with E-state index in [0.717, 1.165) is 30.7 Å². The van der Waals surface area contributed by atoms with E-state index in [0.29, 0.717) is 5.15 Å². The average Bonchev–Trinajstić information content (AvgIpc) is 2.66. The normalized spacial score (nSPS) is 24.4. The molecular formula is C14H24ClN3. The molecule has 0 bridgehead atoms. The highest BCUT2D eigenvalue weighted by molar-refractivity contribution is 6.29. The maximum atomic E-state index is 5.95. The lowest BCUT2D eigenvalue weighted by molar-refractivity contribution is 0.267. The highest BCUT2D eigenvalue weighted by Gasteiger charge is 2.18. The van der Waals surface area contributed by atoms with Crippen LogP contribution in [0.1, 0.15) is 44.9 Å². The van der Waals surface area contributed by atoms with Crippen molar-refractivity contribution in [2.24, 2.45) is 18.9 Å². The third-order valence-electron chi connectivity index (χ3n) is 4.09. The zero-order valence-corrected chi connectivity index (χ0v) is 12.2. The molecule has 0 saturated heterocycles. The lowest BCUT2D eigenvalue weighted by atomic mass is 9.81. The van der Waals surface area contributed by atoms with E-state index in [2.05, 4.69) is 17.2 Å². The van der Waals surface area contributed by atoms with Gasteiger partial charge in [-0.15, -0.1) is 0 Å². The lowest BCUT2D eigenvalue weighted by Gasteiger charge is -2.26. The molecule has 0 aliphatic heterocycles. The number of rotatable bonds is 5. The summed E-state index contributed by atoms with van der Waals surface area (Å²) < 4.78 is 1.93. The van der Waals surface area contributed by atoms with Crippen molar-refractivity contribution in [1.82, 2.24) is 14.9 Å². The number of hydrogen-bond acceptors (Lipinski definition) is 2. The fourth-order valence-corrected chi connectivity index (χ4v) is 3.06. The van der Waals surface area contributed by atoms with Gasteiger partial charge >= 0.3 is 0 Å². The third kappa shape index (κ3) is 3.72. The summed E-state index contributed by atoms with van der Waals surface area (Å²) in [6.45, 7) is 4.28. The fraction of sp³-hybridized carbons (Fsp3) is 0.786. The number of nitrogens with one attached hydrogen (secondary N) is 1. The van der Waals surface area contributed by atoms with E-state index in [-0.39, 0.29) is 0 Å². The smallest absolute Gasteiger partial charge is 0.128 e. The average molecular weight is 270 g/mol. The molecule has 1 aromatic heterocycles. The van der Waals surface area contributed by atoms with Crippen molar-refractivity contribution in [1.29, 1.82) is 0 Å². The summed E-state index contributed by atoms with van der Waals surface area (Å²) in [5, 5.41) is 4.18. The van der Waals surface area contributed by atoms with Gasteiger partial charge in [-0.05, 0) is 31.2 Å². The SMILES string of the molecule is CC1CCCC(CCNCc2ncc(Cl)n2C)C1. The van der Waals surface area contributed by atoms with E-state index >= 15 is 0 Å². The van der Waals surface area contributed by atoms with Gasteiger partial charge in [0.1, 0.15) is 11.0 Å². The molecule has 1 aromatic rings. The maximum absolute atomic E-state index is 5.95. The van der Waals surface area contributed by atoms with Crippen LogP contribution in [0.15, 0.2) is 6.20 Å². The van der Waals surface area contributed by atoms with Gasteiger partial charge in [-0.1, -0.05) is 37.8 Å². The molecular weight excluding hydrogens is 246 g/mol. The second kappa shape index (κ2) is 6.58. The first-order valence-corrected chi connectivity index (χ1v) is 7.41. The number of aromatic nitrogens is 2. The second-order valence-electron chi connectivity index (χ2n) is 5.66. The molecule has 2 unspecified atom stereocenters. The molecule has 0 aromatic carbocycles. The zero-order chi connectivity index (χ0) is 13.0. The first kappa shape index (κ1) is 13.9. The van der Waals surface area contributed by atoms with E-state index in [1.165, 1.54) is 32.1 Å². The Kier molecular flexibility index (Phi) is 5.07. The Hall–Kier alpha value is -0.540. The Bertz CT molecular complexity index is 375. The number of hydrogen-bond donors (Lipinski definition) is 1. The predicted molar refractivity (Wildman–Crippen MR) is 75.7 cm³/mol. The largest absolute Gasteiger partial charge is 0.321 e. The standard InChI is InChI=1S/C14H24ClN3/c1-11-4-3-5-12(8-11)6-7-16-10-14-17-9-13(15)18(14)2/h9,11-12,16H,3-8,10H2,1-2H3. The third-order valence-corrected chi connectivity index (χ3v) is 4.44. The van der Waals surface area contributed by atoms with Gasteiger partial charge in [0.25, 0.3) is 0 Å². The molecule has 18 heavy (non-hydrogen) atoms. The molecule has 4 heteroatoms. The number of nitrogens with zero attached hydrogens (tertiary/aromatic N) is 2. The summed E-state index contributed by atoms with van der Waals surface area (Å²) in [6, 6.07) is 0. The van der Waals surface area contributed by atoms with E-state index in [4.69, 9.17) is 11.6 Å². The molecule has 1 aliphatic rings. The topological polar surface area (TPSA) is 29.9 Å². The van der Waals surface area contributed by atoms with Crippen LogP contribution in [0.5, 0.6) is 0 Å². The molecule has 0 radical (unpaired) electrons. The van der Waals surface area contributed by atoms with Crippen LogP contribution in [0.25, 0.3) is 0 Å². The van der Waals surface area contributed by atoms with Crippen molar-refractivity contribution >= 4 is 11.6 Å². The first-order chi connectivity index (χ1) is 8.66. The molecule has 0 spiro atoms. The summed E-state index contributed by atoms with van der Waals surface area (Å²) >= 11 is 5.95. The van der Waals surface area contributed by atoms with Crippen LogP contribution in [-0.2, 0) is 13.6 Å². The Morgan fingerprint density at radius 2 is 2.33 bits per heavy atom. The molecule has 1 heterocycles. The highest BCUT2D eigenvalue weighted by Crippen LogP contribution is 2.30. The molecule has 1 aliphatic carbocycles. The van der Waals surface area contributed by atoms with Crippen molar-refractivity contribution in [3.63, 3.8) is 0 Å². The van der Waals surface area contributed by atoms with Crippen LogP contribution in [0, 0.1) is 11.8 Å². The maximum Gasteiger partial charge on any atom is 0.128 e. The van der Waals surface area contributed by atoms with Crippen LogP contribution >= 0.6 is 11.6 Å². The Labute approximate surface area is 115 Å². The number of halogens is 1. The summed E-state index contributed by atoms with van der Waals surface area (Å²) in [6.07, 6.45) is 8.68. The summed E-state index contributed by atoms with van der Waals surface area (Å²) in [4.78, 5) is 4.28. The monoisotopic (exact) mass is 269 g/mol. The van der Waals surface area contributed by atoms with Gasteiger partial charge in [0, 0.05) is 7.05 Å². The molecule has 0 amide bonds. The summed E-state index contributed by atoms with van der Waals surface area (Å²) in [5.74, 6) is 2.86. The lowest BCUT2D eigenvalue weighted by Crippen LogP contribution is -2.22. The molecule has 3 nitrogen and oxygen atoms in total. The second-order valence-corrected chi connectivity index (χ2v) is 6.05. The van der Waals surface area contributed by atoms with Crippen molar-refractivity contribution in [3.05, 3.63) is 17.2 Å². The zero-order valence-electron chi connectivity index (χ0n) is 11.5. The first-order valence-electron chi connectivity index (χ1n) is 7.03. The van der Waals surface area contributed by atoms with E-state index in [1.807, 2.05) is 11.6 Å². The molecule has 2 atom stereocenters. The summed E-state index contributed by atoms with van der Waals surface area (Å²) in [7, 11) is 1.95. The Balaban J connectivity index is 1.65.